The maximum Gasteiger partial charge on any atom is 0.293 e. The summed E-state index contributed by atoms with van der Waals surface area (Å²) in [5.41, 5.74) is 0.881. The van der Waals surface area contributed by atoms with Crippen molar-refractivity contribution in [2.45, 2.75) is 10.8 Å². The Hall–Kier alpha value is -3.03. The lowest BCUT2D eigenvalue weighted by Crippen LogP contribution is -2.25. The maximum atomic E-state index is 13.0. The summed E-state index contributed by atoms with van der Waals surface area (Å²) < 4.78 is 43.6. The van der Waals surface area contributed by atoms with E-state index in [9.17, 15) is 17.6 Å². The van der Waals surface area contributed by atoms with Crippen molar-refractivity contribution in [3.05, 3.63) is 71.2 Å². The second kappa shape index (κ2) is 8.38. The molecule has 9 nitrogen and oxygen atoms in total. The second-order valence-corrected chi connectivity index (χ2v) is 9.79. The lowest BCUT2D eigenvalue weighted by atomic mass is 10.1. The molecule has 2 aromatic heterocycles. The van der Waals surface area contributed by atoms with Gasteiger partial charge >= 0.3 is 0 Å². The van der Waals surface area contributed by atoms with Crippen molar-refractivity contribution in [1.82, 2.24) is 23.9 Å². The summed E-state index contributed by atoms with van der Waals surface area (Å²) in [6, 6.07) is 6.11. The van der Waals surface area contributed by atoms with Crippen molar-refractivity contribution >= 4 is 44.3 Å². The maximum absolute atomic E-state index is 13.0. The predicted octanol–water partition coefficient (Wildman–Crippen LogP) is 2.43. The van der Waals surface area contributed by atoms with E-state index in [1.165, 1.54) is 18.3 Å². The van der Waals surface area contributed by atoms with Gasteiger partial charge in [0.1, 0.15) is 11.6 Å². The van der Waals surface area contributed by atoms with Gasteiger partial charge in [0.05, 0.1) is 6.54 Å². The van der Waals surface area contributed by atoms with E-state index in [2.05, 4.69) is 19.6 Å². The van der Waals surface area contributed by atoms with E-state index in [1.54, 1.807) is 35.5 Å². The van der Waals surface area contributed by atoms with E-state index in [0.717, 1.165) is 21.4 Å². The highest BCUT2D eigenvalue weighted by atomic mass is 32.2. The van der Waals surface area contributed by atoms with Gasteiger partial charge in [-0.2, -0.15) is 12.8 Å². The lowest BCUT2D eigenvalue weighted by Gasteiger charge is -2.15. The van der Waals surface area contributed by atoms with Gasteiger partial charge in [0.25, 0.3) is 14.4 Å². The van der Waals surface area contributed by atoms with Crippen LogP contribution in [0.5, 0.6) is 0 Å². The molecule has 0 atom stereocenters. The number of rotatable bonds is 6. The molecule has 1 aliphatic rings. The van der Waals surface area contributed by atoms with Crippen LogP contribution in [0.2, 0.25) is 0 Å². The Morgan fingerprint density at radius 3 is 2.67 bits per heavy atom. The molecule has 13 heteroatoms. The van der Waals surface area contributed by atoms with Crippen LogP contribution in [0.4, 0.5) is 9.52 Å². The van der Waals surface area contributed by atoms with E-state index in [0.29, 0.717) is 35.0 Å². The molecule has 0 saturated carbocycles. The van der Waals surface area contributed by atoms with Crippen molar-refractivity contribution < 1.29 is 17.6 Å². The van der Waals surface area contributed by atoms with Crippen molar-refractivity contribution in [3.8, 4) is 0 Å². The van der Waals surface area contributed by atoms with E-state index in [-0.39, 0.29) is 21.7 Å². The number of halogens is 1. The zero-order valence-corrected chi connectivity index (χ0v) is 17.6. The van der Waals surface area contributed by atoms with E-state index in [4.69, 9.17) is 0 Å². The van der Waals surface area contributed by atoms with Crippen LogP contribution in [0.15, 0.2) is 53.3 Å². The molecule has 0 aliphatic carbocycles. The summed E-state index contributed by atoms with van der Waals surface area (Å²) in [6.07, 6.45) is 7.18. The van der Waals surface area contributed by atoms with Gasteiger partial charge in [-0.15, -0.1) is 10.2 Å². The molecule has 4 rings (SSSR count). The number of hydrogen-bond acceptors (Lipinski definition) is 10. The quantitative estimate of drug-likeness (QED) is 0.512. The van der Waals surface area contributed by atoms with E-state index >= 15 is 0 Å². The average molecular weight is 465 g/mol. The van der Waals surface area contributed by atoms with Crippen molar-refractivity contribution in [3.63, 3.8) is 0 Å². The number of benzene rings is 1. The van der Waals surface area contributed by atoms with Crippen molar-refractivity contribution in [1.29, 1.82) is 0 Å². The summed E-state index contributed by atoms with van der Waals surface area (Å²) in [5.74, 6) is 0.272. The number of hydrogen-bond donors (Lipinski definition) is 0. The minimum atomic E-state index is -3.93. The van der Waals surface area contributed by atoms with Crippen LogP contribution in [-0.2, 0) is 16.4 Å². The number of nitrogens with zero attached hydrogens (tertiary/aromatic N) is 6. The molecule has 0 bridgehead atoms. The van der Waals surface area contributed by atoms with Gasteiger partial charge in [-0.3, -0.25) is 14.0 Å². The van der Waals surface area contributed by atoms with Crippen LogP contribution in [0.3, 0.4) is 0 Å². The molecular weight excluding hydrogens is 451 g/mol. The molecule has 0 saturated heterocycles. The van der Waals surface area contributed by atoms with E-state index in [1.807, 2.05) is 0 Å². The molecule has 154 valence electrons. The Kier molecular flexibility index (Phi) is 5.65. The van der Waals surface area contributed by atoms with Crippen LogP contribution in [-0.4, -0.2) is 45.1 Å². The summed E-state index contributed by atoms with van der Waals surface area (Å²) >= 11 is 1.87. The van der Waals surface area contributed by atoms with Gasteiger partial charge < -0.3 is 0 Å². The van der Waals surface area contributed by atoms with Gasteiger partial charge in [-0.25, -0.2) is 9.37 Å². The number of carbonyl (C=O) groups is 1. The van der Waals surface area contributed by atoms with Gasteiger partial charge in [0.2, 0.25) is 5.13 Å². The first-order valence-electron chi connectivity index (χ1n) is 8.46. The number of aromatic nitrogens is 4. The van der Waals surface area contributed by atoms with Crippen molar-refractivity contribution in [2.75, 3.05) is 11.4 Å². The summed E-state index contributed by atoms with van der Waals surface area (Å²) in [4.78, 5) is 16.9. The number of anilines is 1. The van der Waals surface area contributed by atoms with E-state index < -0.39 is 10.0 Å². The molecule has 0 N–H and O–H groups in total. The number of sulfonamides is 1. The fourth-order valence-corrected chi connectivity index (χ4v) is 5.36. The summed E-state index contributed by atoms with van der Waals surface area (Å²) in [5, 5.41) is 7.66. The zero-order chi connectivity index (χ0) is 21.1. The molecular formula is C17H13FN6O3S3. The average Bonchev–Trinajstić information content (AvgIpc) is 3.34. The van der Waals surface area contributed by atoms with Crippen LogP contribution < -0.4 is 4.90 Å². The molecule has 1 aromatic carbocycles. The fraction of sp³-hybridized carbons (Fsp3) is 0.118. The molecule has 1 aliphatic heterocycles. The highest BCUT2D eigenvalue weighted by molar-refractivity contribution is 7.91. The normalized spacial score (nSPS) is 14.2. The first kappa shape index (κ1) is 20.3. The highest BCUT2D eigenvalue weighted by Gasteiger charge is 2.26. The number of carbonyl (C=O) groups excluding carboxylic acids is 1. The monoisotopic (exact) mass is 464 g/mol. The van der Waals surface area contributed by atoms with Gasteiger partial charge in [-0.05, 0) is 23.8 Å². The molecule has 30 heavy (non-hydrogen) atoms. The Balaban J connectivity index is 1.50. The van der Waals surface area contributed by atoms with Crippen LogP contribution in [0.25, 0.3) is 0 Å². The Bertz CT molecular complexity index is 1220. The van der Waals surface area contributed by atoms with Gasteiger partial charge in [0.15, 0.2) is 11.3 Å². The standard InChI is InChI=1S/C17H13FN6O3S3/c18-13-4-2-12(3-5-13)10-14-19-16(29-22-14)23-6-1-7-24(9-8-23)30(26,27)17-21-20-15(11-25)28-17/h1-6,8-9,11H,7,10H2. The Morgan fingerprint density at radius 2 is 1.93 bits per heavy atom. The second-order valence-electron chi connectivity index (χ2n) is 5.99. The molecule has 0 fully saturated rings. The first-order valence-corrected chi connectivity index (χ1v) is 11.5. The van der Waals surface area contributed by atoms with Crippen LogP contribution in [0.1, 0.15) is 21.2 Å². The zero-order valence-electron chi connectivity index (χ0n) is 15.1. The molecule has 3 heterocycles. The Morgan fingerprint density at radius 1 is 1.13 bits per heavy atom. The smallest absolute Gasteiger partial charge is 0.293 e. The highest BCUT2D eigenvalue weighted by Crippen LogP contribution is 2.24. The summed E-state index contributed by atoms with van der Waals surface area (Å²) in [6.45, 7) is 0.0760. The number of aldehydes is 1. The first-order chi connectivity index (χ1) is 14.5. The third-order valence-electron chi connectivity index (χ3n) is 3.95. The molecule has 0 spiro atoms. The topological polar surface area (TPSA) is 109 Å². The van der Waals surface area contributed by atoms with Crippen LogP contribution in [0, 0.1) is 5.82 Å². The lowest BCUT2D eigenvalue weighted by molar-refractivity contribution is 0.112. The Labute approximate surface area is 179 Å². The predicted molar refractivity (Wildman–Crippen MR) is 109 cm³/mol. The molecule has 0 amide bonds. The van der Waals surface area contributed by atoms with Gasteiger partial charge in [-0.1, -0.05) is 23.5 Å². The minimum absolute atomic E-state index is 0.00732. The van der Waals surface area contributed by atoms with Gasteiger partial charge in [0, 0.05) is 36.6 Å². The van der Waals surface area contributed by atoms with Crippen LogP contribution >= 0.6 is 22.9 Å². The molecule has 0 unspecified atom stereocenters. The largest absolute Gasteiger partial charge is 0.298 e. The SMILES string of the molecule is O=Cc1nnc(S(=O)(=O)N2C=CN(c3nc(Cc4ccc(F)cc4)ns3)C=CC2)s1. The van der Waals surface area contributed by atoms with Crippen molar-refractivity contribution in [2.24, 2.45) is 0 Å². The molecule has 0 radical (unpaired) electrons. The third kappa shape index (κ3) is 4.27. The minimum Gasteiger partial charge on any atom is -0.298 e. The third-order valence-corrected chi connectivity index (χ3v) is 7.65. The fourth-order valence-electron chi connectivity index (χ4n) is 2.51. The summed E-state index contributed by atoms with van der Waals surface area (Å²) in [7, 11) is -3.93. The molecule has 3 aromatic rings.